The number of hydrogen-bond acceptors (Lipinski definition) is 3. The summed E-state index contributed by atoms with van der Waals surface area (Å²) in [6.07, 6.45) is 0. The third-order valence-electron chi connectivity index (χ3n) is 2.51. The monoisotopic (exact) mass is 235 g/mol. The molecule has 0 radical (unpaired) electrons. The molecule has 17 heavy (non-hydrogen) atoms. The van der Waals surface area contributed by atoms with Crippen molar-refractivity contribution in [1.29, 1.82) is 0 Å². The Morgan fingerprint density at radius 3 is 2.71 bits per heavy atom. The van der Waals surface area contributed by atoms with E-state index >= 15 is 0 Å². The summed E-state index contributed by atoms with van der Waals surface area (Å²) in [5, 5.41) is 4.99. The smallest absolute Gasteiger partial charge is 0.239 e. The second kappa shape index (κ2) is 5.89. The molecule has 5 nitrogen and oxygen atoms in total. The van der Waals surface area contributed by atoms with Crippen LogP contribution in [-0.4, -0.2) is 25.4 Å². The SMILES string of the molecule is CNC(=O)CNC(=O)C(C)c1cccc(N)c1. The molecule has 0 saturated carbocycles. The third-order valence-corrected chi connectivity index (χ3v) is 2.51. The van der Waals surface area contributed by atoms with Gasteiger partial charge in [-0.2, -0.15) is 0 Å². The number of amides is 2. The Hall–Kier alpha value is -2.04. The first-order valence-corrected chi connectivity index (χ1v) is 5.38. The number of benzene rings is 1. The average molecular weight is 235 g/mol. The quantitative estimate of drug-likeness (QED) is 0.653. The molecule has 0 fully saturated rings. The van der Waals surface area contributed by atoms with Crippen LogP contribution in [0.2, 0.25) is 0 Å². The fraction of sp³-hybridized carbons (Fsp3) is 0.333. The highest BCUT2D eigenvalue weighted by molar-refractivity contribution is 5.88. The second-order valence-corrected chi connectivity index (χ2v) is 3.78. The molecule has 1 atom stereocenters. The van der Waals surface area contributed by atoms with E-state index in [1.54, 1.807) is 25.1 Å². The van der Waals surface area contributed by atoms with Crippen LogP contribution >= 0.6 is 0 Å². The van der Waals surface area contributed by atoms with Crippen molar-refractivity contribution < 1.29 is 9.59 Å². The van der Waals surface area contributed by atoms with E-state index in [1.165, 1.54) is 7.05 Å². The first-order chi connectivity index (χ1) is 8.04. The lowest BCUT2D eigenvalue weighted by Gasteiger charge is -2.12. The summed E-state index contributed by atoms with van der Waals surface area (Å²) in [6, 6.07) is 7.15. The number of likely N-dealkylation sites (N-methyl/N-ethyl adjacent to an activating group) is 1. The van der Waals surface area contributed by atoms with Crippen LogP contribution < -0.4 is 16.4 Å². The van der Waals surface area contributed by atoms with Crippen LogP contribution in [0.15, 0.2) is 24.3 Å². The Labute approximate surface area is 100 Å². The van der Waals surface area contributed by atoms with Gasteiger partial charge in [-0.3, -0.25) is 9.59 Å². The fourth-order valence-corrected chi connectivity index (χ4v) is 1.39. The van der Waals surface area contributed by atoms with Crippen molar-refractivity contribution in [3.8, 4) is 0 Å². The lowest BCUT2D eigenvalue weighted by atomic mass is 10.00. The predicted molar refractivity (Wildman–Crippen MR) is 66.3 cm³/mol. The number of rotatable bonds is 4. The molecule has 0 aromatic heterocycles. The van der Waals surface area contributed by atoms with E-state index in [4.69, 9.17) is 5.73 Å². The molecule has 0 heterocycles. The fourth-order valence-electron chi connectivity index (χ4n) is 1.39. The van der Waals surface area contributed by atoms with Gasteiger partial charge in [-0.15, -0.1) is 0 Å². The van der Waals surface area contributed by atoms with Crippen molar-refractivity contribution in [2.45, 2.75) is 12.8 Å². The molecule has 5 heteroatoms. The number of nitrogens with two attached hydrogens (primary N) is 1. The molecule has 0 bridgehead atoms. The Balaban J connectivity index is 2.60. The maximum absolute atomic E-state index is 11.7. The van der Waals surface area contributed by atoms with E-state index in [0.717, 1.165) is 5.56 Å². The van der Waals surface area contributed by atoms with Crippen molar-refractivity contribution in [3.63, 3.8) is 0 Å². The van der Waals surface area contributed by atoms with Crippen LogP contribution in [0.4, 0.5) is 5.69 Å². The standard InChI is InChI=1S/C12H17N3O2/c1-8(9-4-3-5-10(13)6-9)12(17)15-7-11(16)14-2/h3-6,8H,7,13H2,1-2H3,(H,14,16)(H,15,17). The first-order valence-electron chi connectivity index (χ1n) is 5.38. The highest BCUT2D eigenvalue weighted by Crippen LogP contribution is 2.17. The second-order valence-electron chi connectivity index (χ2n) is 3.78. The van der Waals surface area contributed by atoms with Gasteiger partial charge in [-0.05, 0) is 24.6 Å². The zero-order valence-corrected chi connectivity index (χ0v) is 9.99. The van der Waals surface area contributed by atoms with E-state index in [0.29, 0.717) is 5.69 Å². The van der Waals surface area contributed by atoms with Crippen LogP contribution in [-0.2, 0) is 9.59 Å². The van der Waals surface area contributed by atoms with Gasteiger partial charge in [0.05, 0.1) is 12.5 Å². The zero-order valence-electron chi connectivity index (χ0n) is 9.99. The molecule has 2 amide bonds. The first kappa shape index (κ1) is 13.0. The van der Waals surface area contributed by atoms with Crippen molar-refractivity contribution in [1.82, 2.24) is 10.6 Å². The van der Waals surface area contributed by atoms with Crippen molar-refractivity contribution in [2.24, 2.45) is 0 Å². The lowest BCUT2D eigenvalue weighted by Crippen LogP contribution is -2.37. The molecule has 4 N–H and O–H groups in total. The predicted octanol–water partition coefficient (Wildman–Crippen LogP) is 0.234. The van der Waals surface area contributed by atoms with Gasteiger partial charge in [0.15, 0.2) is 0 Å². The minimum atomic E-state index is -0.330. The Morgan fingerprint density at radius 1 is 1.41 bits per heavy atom. The van der Waals surface area contributed by atoms with Crippen LogP contribution in [0.3, 0.4) is 0 Å². The van der Waals surface area contributed by atoms with E-state index in [-0.39, 0.29) is 24.3 Å². The molecule has 1 aromatic carbocycles. The van der Waals surface area contributed by atoms with Gasteiger partial charge in [0.25, 0.3) is 0 Å². The number of nitrogens with one attached hydrogen (secondary N) is 2. The maximum atomic E-state index is 11.7. The molecular weight excluding hydrogens is 218 g/mol. The van der Waals surface area contributed by atoms with Crippen molar-refractivity contribution in [2.75, 3.05) is 19.3 Å². The molecule has 1 aromatic rings. The van der Waals surface area contributed by atoms with Crippen LogP contribution in [0.1, 0.15) is 18.4 Å². The van der Waals surface area contributed by atoms with Gasteiger partial charge in [0.2, 0.25) is 11.8 Å². The molecule has 0 aliphatic rings. The van der Waals surface area contributed by atoms with Gasteiger partial charge in [-0.25, -0.2) is 0 Å². The summed E-state index contributed by atoms with van der Waals surface area (Å²) < 4.78 is 0. The molecule has 92 valence electrons. The van der Waals surface area contributed by atoms with Gasteiger partial charge < -0.3 is 16.4 Å². The topological polar surface area (TPSA) is 84.2 Å². The number of anilines is 1. The van der Waals surface area contributed by atoms with Gasteiger partial charge in [0, 0.05) is 12.7 Å². The summed E-state index contributed by atoms with van der Waals surface area (Å²) in [5.41, 5.74) is 7.10. The zero-order chi connectivity index (χ0) is 12.8. The Kier molecular flexibility index (Phi) is 4.51. The lowest BCUT2D eigenvalue weighted by molar-refractivity contribution is -0.126. The van der Waals surface area contributed by atoms with E-state index in [1.807, 2.05) is 6.07 Å². The summed E-state index contributed by atoms with van der Waals surface area (Å²) >= 11 is 0. The normalized spacial score (nSPS) is 11.6. The number of carbonyl (C=O) groups excluding carboxylic acids is 2. The highest BCUT2D eigenvalue weighted by Gasteiger charge is 2.15. The summed E-state index contributed by atoms with van der Waals surface area (Å²) in [7, 11) is 1.52. The molecule has 1 unspecified atom stereocenters. The largest absolute Gasteiger partial charge is 0.399 e. The minimum Gasteiger partial charge on any atom is -0.399 e. The summed E-state index contributed by atoms with van der Waals surface area (Å²) in [6.45, 7) is 1.76. The maximum Gasteiger partial charge on any atom is 0.239 e. The molecule has 1 rings (SSSR count). The highest BCUT2D eigenvalue weighted by atomic mass is 16.2. The molecule has 0 saturated heterocycles. The molecule has 0 aliphatic heterocycles. The number of hydrogen-bond donors (Lipinski definition) is 3. The van der Waals surface area contributed by atoms with Crippen molar-refractivity contribution >= 4 is 17.5 Å². The van der Waals surface area contributed by atoms with Crippen molar-refractivity contribution in [3.05, 3.63) is 29.8 Å². The Morgan fingerprint density at radius 2 is 2.12 bits per heavy atom. The third kappa shape index (κ3) is 3.79. The molecule has 0 spiro atoms. The average Bonchev–Trinajstić information content (AvgIpc) is 2.34. The summed E-state index contributed by atoms with van der Waals surface area (Å²) in [5.74, 6) is -0.750. The number of nitrogen functional groups attached to an aromatic ring is 1. The van der Waals surface area contributed by atoms with E-state index in [9.17, 15) is 9.59 Å². The van der Waals surface area contributed by atoms with Crippen LogP contribution in [0.5, 0.6) is 0 Å². The summed E-state index contributed by atoms with van der Waals surface area (Å²) in [4.78, 5) is 22.7. The Bertz CT molecular complexity index is 418. The molecule has 0 aliphatic carbocycles. The molecular formula is C12H17N3O2. The minimum absolute atomic E-state index is 0.0119. The van der Waals surface area contributed by atoms with Gasteiger partial charge in [0.1, 0.15) is 0 Å². The van der Waals surface area contributed by atoms with Crippen LogP contribution in [0, 0.1) is 0 Å². The number of carbonyl (C=O) groups is 2. The van der Waals surface area contributed by atoms with E-state index < -0.39 is 0 Å². The van der Waals surface area contributed by atoms with E-state index in [2.05, 4.69) is 10.6 Å². The van der Waals surface area contributed by atoms with Crippen LogP contribution in [0.25, 0.3) is 0 Å². The van der Waals surface area contributed by atoms with Gasteiger partial charge >= 0.3 is 0 Å². The van der Waals surface area contributed by atoms with Gasteiger partial charge in [-0.1, -0.05) is 12.1 Å².